The summed E-state index contributed by atoms with van der Waals surface area (Å²) in [4.78, 5) is 7.34. The maximum Gasteiger partial charge on any atom is 0.231 e. The molecule has 0 atom stereocenters. The minimum Gasteiger partial charge on any atom is -0.494 e. The Morgan fingerprint density at radius 2 is 1.61 bits per heavy atom. The molecule has 0 N–H and O–H groups in total. The number of aromatic nitrogens is 2. The first-order valence-electron chi connectivity index (χ1n) is 13.7. The Kier molecular flexibility index (Phi) is 8.61. The summed E-state index contributed by atoms with van der Waals surface area (Å²) in [7, 11) is 0. The molecule has 6 heteroatoms. The lowest BCUT2D eigenvalue weighted by atomic mass is 10.1. The van der Waals surface area contributed by atoms with E-state index < -0.39 is 0 Å². The molecule has 4 aromatic rings. The first-order valence-corrected chi connectivity index (χ1v) is 13.7. The van der Waals surface area contributed by atoms with Crippen molar-refractivity contribution in [2.45, 2.75) is 59.3 Å². The summed E-state index contributed by atoms with van der Waals surface area (Å²) in [6, 6.07) is 25.2. The van der Waals surface area contributed by atoms with Crippen LogP contribution < -0.4 is 14.2 Å². The maximum atomic E-state index is 5.80. The first kappa shape index (κ1) is 25.9. The van der Waals surface area contributed by atoms with E-state index in [2.05, 4.69) is 90.0 Å². The van der Waals surface area contributed by atoms with Crippen LogP contribution in [0.15, 0.2) is 79.0 Å². The summed E-state index contributed by atoms with van der Waals surface area (Å²) in [5, 5.41) is 0. The average molecular weight is 512 g/mol. The highest BCUT2D eigenvalue weighted by Gasteiger charge is 2.18. The summed E-state index contributed by atoms with van der Waals surface area (Å²) in [5.41, 5.74) is 4.82. The Morgan fingerprint density at radius 3 is 2.39 bits per heavy atom. The smallest absolute Gasteiger partial charge is 0.231 e. The SMILES string of the molecule is CCCCn1c(CN(Cc2ccc(OCCC)cc2)Cc2ccc3c(c2)OCO3)cnc1-c1ccccc1. The highest BCUT2D eigenvalue weighted by atomic mass is 16.7. The van der Waals surface area contributed by atoms with Crippen molar-refractivity contribution in [3.63, 3.8) is 0 Å². The fraction of sp³-hybridized carbons (Fsp3) is 0.344. The number of hydrogen-bond donors (Lipinski definition) is 0. The quantitative estimate of drug-likeness (QED) is 0.192. The maximum absolute atomic E-state index is 5.80. The summed E-state index contributed by atoms with van der Waals surface area (Å²) < 4.78 is 19.4. The van der Waals surface area contributed by atoms with E-state index in [0.717, 1.165) is 80.7 Å². The molecular weight excluding hydrogens is 474 g/mol. The lowest BCUT2D eigenvalue weighted by Gasteiger charge is -2.24. The Labute approximate surface area is 225 Å². The molecule has 0 spiro atoms. The number of hydrogen-bond acceptors (Lipinski definition) is 5. The minimum absolute atomic E-state index is 0.286. The van der Waals surface area contributed by atoms with Gasteiger partial charge in [-0.15, -0.1) is 0 Å². The number of imidazole rings is 1. The van der Waals surface area contributed by atoms with Crippen LogP contribution in [0.5, 0.6) is 17.2 Å². The van der Waals surface area contributed by atoms with E-state index in [4.69, 9.17) is 19.2 Å². The fourth-order valence-electron chi connectivity index (χ4n) is 4.78. The fourth-order valence-corrected chi connectivity index (χ4v) is 4.78. The van der Waals surface area contributed by atoms with Crippen molar-refractivity contribution in [1.82, 2.24) is 14.5 Å². The topological polar surface area (TPSA) is 48.8 Å². The van der Waals surface area contributed by atoms with Crippen LogP contribution >= 0.6 is 0 Å². The Hall–Kier alpha value is -3.77. The van der Waals surface area contributed by atoms with Crippen molar-refractivity contribution in [2.24, 2.45) is 0 Å². The van der Waals surface area contributed by atoms with Crippen molar-refractivity contribution in [3.8, 4) is 28.6 Å². The van der Waals surface area contributed by atoms with Gasteiger partial charge in [0.1, 0.15) is 11.6 Å². The largest absolute Gasteiger partial charge is 0.494 e. The number of nitrogens with zero attached hydrogens (tertiary/aromatic N) is 3. The highest BCUT2D eigenvalue weighted by Crippen LogP contribution is 2.33. The third kappa shape index (κ3) is 6.37. The predicted molar refractivity (Wildman–Crippen MR) is 150 cm³/mol. The van der Waals surface area contributed by atoms with Crippen LogP contribution in [0.25, 0.3) is 11.4 Å². The summed E-state index contributed by atoms with van der Waals surface area (Å²) in [6.45, 7) is 8.71. The molecule has 1 aliphatic rings. The predicted octanol–water partition coefficient (Wildman–Crippen LogP) is 7.07. The molecule has 1 aromatic heterocycles. The zero-order chi connectivity index (χ0) is 26.2. The van der Waals surface area contributed by atoms with Gasteiger partial charge in [-0.05, 0) is 48.2 Å². The van der Waals surface area contributed by atoms with E-state index in [1.165, 1.54) is 16.8 Å². The lowest BCUT2D eigenvalue weighted by molar-refractivity contribution is 0.174. The molecular formula is C32H37N3O3. The third-order valence-electron chi connectivity index (χ3n) is 6.74. The van der Waals surface area contributed by atoms with Crippen molar-refractivity contribution < 1.29 is 14.2 Å². The molecule has 0 saturated heterocycles. The van der Waals surface area contributed by atoms with Crippen molar-refractivity contribution in [1.29, 1.82) is 0 Å². The molecule has 38 heavy (non-hydrogen) atoms. The number of fused-ring (bicyclic) bond motifs is 1. The number of unbranched alkanes of at least 4 members (excludes halogenated alkanes) is 1. The zero-order valence-electron chi connectivity index (χ0n) is 22.4. The Morgan fingerprint density at radius 1 is 0.842 bits per heavy atom. The monoisotopic (exact) mass is 511 g/mol. The van der Waals surface area contributed by atoms with E-state index in [-0.39, 0.29) is 6.79 Å². The molecule has 0 unspecified atom stereocenters. The molecule has 5 rings (SSSR count). The lowest BCUT2D eigenvalue weighted by Crippen LogP contribution is -2.24. The normalized spacial score (nSPS) is 12.3. The molecule has 2 heterocycles. The van der Waals surface area contributed by atoms with Gasteiger partial charge < -0.3 is 18.8 Å². The van der Waals surface area contributed by atoms with Gasteiger partial charge in [-0.2, -0.15) is 0 Å². The van der Waals surface area contributed by atoms with Crippen LogP contribution in [0.3, 0.4) is 0 Å². The van der Waals surface area contributed by atoms with Crippen LogP contribution in [-0.2, 0) is 26.2 Å². The molecule has 0 amide bonds. The second-order valence-corrected chi connectivity index (χ2v) is 9.77. The first-order chi connectivity index (χ1) is 18.7. The second kappa shape index (κ2) is 12.7. The highest BCUT2D eigenvalue weighted by molar-refractivity contribution is 5.56. The van der Waals surface area contributed by atoms with Crippen LogP contribution in [0.1, 0.15) is 49.9 Å². The molecule has 0 saturated carbocycles. The van der Waals surface area contributed by atoms with Gasteiger partial charge in [0, 0.05) is 31.7 Å². The second-order valence-electron chi connectivity index (χ2n) is 9.77. The minimum atomic E-state index is 0.286. The van der Waals surface area contributed by atoms with Gasteiger partial charge in [0.25, 0.3) is 0 Å². The molecule has 6 nitrogen and oxygen atoms in total. The van der Waals surface area contributed by atoms with Crippen LogP contribution in [0, 0.1) is 0 Å². The average Bonchev–Trinajstić information content (AvgIpc) is 3.58. The molecule has 0 radical (unpaired) electrons. The summed E-state index contributed by atoms with van der Waals surface area (Å²) in [6.07, 6.45) is 5.30. The van der Waals surface area contributed by atoms with Crippen molar-refractivity contribution in [2.75, 3.05) is 13.4 Å². The van der Waals surface area contributed by atoms with E-state index in [1.54, 1.807) is 0 Å². The van der Waals surface area contributed by atoms with Crippen molar-refractivity contribution >= 4 is 0 Å². The summed E-state index contributed by atoms with van der Waals surface area (Å²) >= 11 is 0. The van der Waals surface area contributed by atoms with Gasteiger partial charge in [0.2, 0.25) is 6.79 Å². The van der Waals surface area contributed by atoms with Crippen LogP contribution in [-0.4, -0.2) is 27.9 Å². The van der Waals surface area contributed by atoms with Gasteiger partial charge in [0.05, 0.1) is 18.5 Å². The van der Waals surface area contributed by atoms with E-state index in [9.17, 15) is 0 Å². The Bertz CT molecular complexity index is 1300. The number of benzene rings is 3. The van der Waals surface area contributed by atoms with Gasteiger partial charge in [-0.3, -0.25) is 4.90 Å². The molecule has 0 fully saturated rings. The van der Waals surface area contributed by atoms with Crippen LogP contribution in [0.4, 0.5) is 0 Å². The van der Waals surface area contributed by atoms with E-state index in [0.29, 0.717) is 0 Å². The Balaban J connectivity index is 1.41. The van der Waals surface area contributed by atoms with E-state index in [1.807, 2.05) is 12.3 Å². The van der Waals surface area contributed by atoms with Gasteiger partial charge in [-0.25, -0.2) is 4.98 Å². The number of ether oxygens (including phenoxy) is 3. The van der Waals surface area contributed by atoms with Crippen molar-refractivity contribution in [3.05, 3.63) is 95.8 Å². The van der Waals surface area contributed by atoms with Crippen LogP contribution in [0.2, 0.25) is 0 Å². The standard InChI is InChI=1S/C32H37N3O3/c1-3-5-17-35-28(20-33-32(35)27-9-7-6-8-10-27)23-34(21-25-11-14-29(15-12-25)36-18-4-2)22-26-13-16-30-31(19-26)38-24-37-30/h6-16,19-20H,3-5,17-18,21-24H2,1-2H3. The third-order valence-corrected chi connectivity index (χ3v) is 6.74. The van der Waals surface area contributed by atoms with Gasteiger partial charge in [-0.1, -0.05) is 68.8 Å². The van der Waals surface area contributed by atoms with Gasteiger partial charge in [0.15, 0.2) is 11.5 Å². The van der Waals surface area contributed by atoms with Gasteiger partial charge >= 0.3 is 0 Å². The molecule has 1 aliphatic heterocycles. The molecule has 0 aliphatic carbocycles. The number of rotatable bonds is 13. The van der Waals surface area contributed by atoms with E-state index >= 15 is 0 Å². The zero-order valence-corrected chi connectivity index (χ0v) is 22.4. The summed E-state index contributed by atoms with van der Waals surface area (Å²) in [5.74, 6) is 3.59. The molecule has 198 valence electrons. The molecule has 3 aromatic carbocycles. The molecule has 0 bridgehead atoms.